The van der Waals surface area contributed by atoms with Gasteiger partial charge in [0.05, 0.1) is 7.11 Å². The van der Waals surface area contributed by atoms with Gasteiger partial charge in [0, 0.05) is 38.3 Å². The number of hydrogen-bond donors (Lipinski definition) is 2. The molecule has 1 unspecified atom stereocenters. The van der Waals surface area contributed by atoms with E-state index >= 15 is 0 Å². The van der Waals surface area contributed by atoms with Crippen molar-refractivity contribution in [3.05, 3.63) is 23.8 Å². The van der Waals surface area contributed by atoms with Crippen LogP contribution < -0.4 is 10.1 Å². The average molecular weight is 488 g/mol. The van der Waals surface area contributed by atoms with Gasteiger partial charge in [0.25, 0.3) is 0 Å². The number of guanidine groups is 1. The zero-order valence-electron chi connectivity index (χ0n) is 16.5. The molecule has 0 saturated carbocycles. The molecule has 6 nitrogen and oxygen atoms in total. The van der Waals surface area contributed by atoms with Crippen LogP contribution in [-0.4, -0.2) is 73.3 Å². The van der Waals surface area contributed by atoms with Crippen LogP contribution in [0.5, 0.6) is 11.5 Å². The molecule has 3 rings (SSSR count). The first-order chi connectivity index (χ1) is 12.7. The summed E-state index contributed by atoms with van der Waals surface area (Å²) < 4.78 is 5.14. The topological polar surface area (TPSA) is 60.3 Å². The number of aliphatic imine (C=N–C) groups is 1. The largest absolute Gasteiger partial charge is 0.508 e. The highest BCUT2D eigenvalue weighted by Crippen LogP contribution is 2.24. The highest BCUT2D eigenvalue weighted by molar-refractivity contribution is 14.0. The second kappa shape index (κ2) is 10.9. The number of benzene rings is 1. The SMILES string of the molecule is CCNC(=NCCc1ccc(OC)cc1O)N1CCC(N2CCCC2)C1.I. The van der Waals surface area contributed by atoms with E-state index in [4.69, 9.17) is 9.73 Å². The monoisotopic (exact) mass is 488 g/mol. The number of rotatable bonds is 6. The lowest BCUT2D eigenvalue weighted by atomic mass is 10.1. The highest BCUT2D eigenvalue weighted by atomic mass is 127. The lowest BCUT2D eigenvalue weighted by Crippen LogP contribution is -2.42. The van der Waals surface area contributed by atoms with E-state index in [-0.39, 0.29) is 29.7 Å². The van der Waals surface area contributed by atoms with E-state index in [1.165, 1.54) is 32.4 Å². The van der Waals surface area contributed by atoms with Gasteiger partial charge in [-0.1, -0.05) is 6.07 Å². The zero-order chi connectivity index (χ0) is 18.4. The first-order valence-corrected chi connectivity index (χ1v) is 9.84. The first-order valence-electron chi connectivity index (χ1n) is 9.84. The van der Waals surface area contributed by atoms with E-state index in [0.29, 0.717) is 24.8 Å². The Labute approximate surface area is 180 Å². The molecule has 2 aliphatic rings. The lowest BCUT2D eigenvalue weighted by Gasteiger charge is -2.25. The summed E-state index contributed by atoms with van der Waals surface area (Å²) in [5.74, 6) is 1.95. The van der Waals surface area contributed by atoms with Gasteiger partial charge in [0.2, 0.25) is 0 Å². The highest BCUT2D eigenvalue weighted by Gasteiger charge is 2.30. The van der Waals surface area contributed by atoms with Gasteiger partial charge in [0.15, 0.2) is 5.96 Å². The summed E-state index contributed by atoms with van der Waals surface area (Å²) in [6.45, 7) is 8.29. The van der Waals surface area contributed by atoms with Crippen LogP contribution in [0.15, 0.2) is 23.2 Å². The smallest absolute Gasteiger partial charge is 0.193 e. The molecule has 0 aromatic heterocycles. The Morgan fingerprint density at radius 2 is 2.07 bits per heavy atom. The molecule has 0 aliphatic carbocycles. The van der Waals surface area contributed by atoms with E-state index in [1.807, 2.05) is 12.1 Å². The summed E-state index contributed by atoms with van der Waals surface area (Å²) in [7, 11) is 1.60. The third kappa shape index (κ3) is 5.88. The van der Waals surface area contributed by atoms with E-state index in [1.54, 1.807) is 13.2 Å². The van der Waals surface area contributed by atoms with Crippen LogP contribution >= 0.6 is 24.0 Å². The first kappa shape index (κ1) is 22.1. The van der Waals surface area contributed by atoms with Gasteiger partial charge >= 0.3 is 0 Å². The van der Waals surface area contributed by atoms with Gasteiger partial charge < -0.3 is 20.1 Å². The van der Waals surface area contributed by atoms with Crippen molar-refractivity contribution >= 4 is 29.9 Å². The molecule has 1 aromatic carbocycles. The standard InChI is InChI=1S/C20H32N4O2.HI/c1-3-21-20(24-13-9-17(15-24)23-11-4-5-12-23)22-10-8-16-6-7-18(26-2)14-19(16)25;/h6-7,14,17,25H,3-5,8-13,15H2,1-2H3,(H,21,22);1H. The van der Waals surface area contributed by atoms with E-state index < -0.39 is 0 Å². The van der Waals surface area contributed by atoms with Gasteiger partial charge in [-0.25, -0.2) is 0 Å². The van der Waals surface area contributed by atoms with Gasteiger partial charge in [-0.3, -0.25) is 9.89 Å². The summed E-state index contributed by atoms with van der Waals surface area (Å²) >= 11 is 0. The molecule has 2 N–H and O–H groups in total. The minimum absolute atomic E-state index is 0. The van der Waals surface area contributed by atoms with Crippen LogP contribution in [0.25, 0.3) is 0 Å². The second-order valence-electron chi connectivity index (χ2n) is 7.11. The number of phenolic OH excluding ortho intramolecular Hbond substituents is 1. The van der Waals surface area contributed by atoms with Gasteiger partial charge in [-0.15, -0.1) is 24.0 Å². The third-order valence-electron chi connectivity index (χ3n) is 5.39. The lowest BCUT2D eigenvalue weighted by molar-refractivity contribution is 0.249. The number of hydrogen-bond acceptors (Lipinski definition) is 4. The summed E-state index contributed by atoms with van der Waals surface area (Å²) in [6, 6.07) is 6.12. The summed E-state index contributed by atoms with van der Waals surface area (Å²) in [4.78, 5) is 9.83. The number of likely N-dealkylation sites (tertiary alicyclic amines) is 2. The van der Waals surface area contributed by atoms with E-state index in [0.717, 1.165) is 31.2 Å². The Hall–Kier alpha value is -1.22. The Morgan fingerprint density at radius 3 is 2.74 bits per heavy atom. The summed E-state index contributed by atoms with van der Waals surface area (Å²) in [5, 5.41) is 13.5. The van der Waals surface area contributed by atoms with Crippen LogP contribution in [0.1, 0.15) is 31.7 Å². The van der Waals surface area contributed by atoms with E-state index in [9.17, 15) is 5.11 Å². The Kier molecular flexibility index (Phi) is 8.95. The minimum Gasteiger partial charge on any atom is -0.508 e. The molecule has 1 aromatic rings. The molecule has 152 valence electrons. The Balaban J connectivity index is 0.00000261. The van der Waals surface area contributed by atoms with Gasteiger partial charge in [0.1, 0.15) is 11.5 Å². The predicted molar refractivity (Wildman–Crippen MR) is 121 cm³/mol. The molecular weight excluding hydrogens is 455 g/mol. The van der Waals surface area contributed by atoms with Crippen molar-refractivity contribution in [1.29, 1.82) is 0 Å². The molecule has 2 heterocycles. The molecule has 27 heavy (non-hydrogen) atoms. The average Bonchev–Trinajstić information content (AvgIpc) is 3.33. The van der Waals surface area contributed by atoms with Gasteiger partial charge in [-0.05, 0) is 57.3 Å². The van der Waals surface area contributed by atoms with Gasteiger partial charge in [-0.2, -0.15) is 0 Å². The maximum Gasteiger partial charge on any atom is 0.193 e. The van der Waals surface area contributed by atoms with Crippen molar-refractivity contribution in [2.24, 2.45) is 4.99 Å². The number of aromatic hydroxyl groups is 1. The number of ether oxygens (including phenoxy) is 1. The second-order valence-corrected chi connectivity index (χ2v) is 7.11. The number of phenols is 1. The van der Waals surface area contributed by atoms with E-state index in [2.05, 4.69) is 22.0 Å². The van der Waals surface area contributed by atoms with Crippen LogP contribution in [-0.2, 0) is 6.42 Å². The predicted octanol–water partition coefficient (Wildman–Crippen LogP) is 2.70. The van der Waals surface area contributed by atoms with Crippen LogP contribution in [0.3, 0.4) is 0 Å². The number of halogens is 1. The van der Waals surface area contributed by atoms with Crippen molar-refractivity contribution in [1.82, 2.24) is 15.1 Å². The fourth-order valence-electron chi connectivity index (χ4n) is 3.93. The quantitative estimate of drug-likeness (QED) is 0.367. The van der Waals surface area contributed by atoms with Crippen molar-refractivity contribution in [3.63, 3.8) is 0 Å². The number of nitrogens with one attached hydrogen (secondary N) is 1. The van der Waals surface area contributed by atoms with Crippen molar-refractivity contribution in [2.45, 2.75) is 38.6 Å². The molecule has 0 bridgehead atoms. The normalized spacial score (nSPS) is 20.6. The maximum absolute atomic E-state index is 10.1. The maximum atomic E-state index is 10.1. The van der Waals surface area contributed by atoms with Crippen molar-refractivity contribution < 1.29 is 9.84 Å². The minimum atomic E-state index is 0. The molecule has 2 saturated heterocycles. The Morgan fingerprint density at radius 1 is 1.30 bits per heavy atom. The summed E-state index contributed by atoms with van der Waals surface area (Å²) in [5.41, 5.74) is 0.904. The molecule has 2 aliphatic heterocycles. The third-order valence-corrected chi connectivity index (χ3v) is 5.39. The number of nitrogens with zero attached hydrogens (tertiary/aromatic N) is 3. The van der Waals surface area contributed by atoms with Crippen molar-refractivity contribution in [2.75, 3.05) is 46.4 Å². The van der Waals surface area contributed by atoms with Crippen LogP contribution in [0, 0.1) is 0 Å². The van der Waals surface area contributed by atoms with Crippen LogP contribution in [0.4, 0.5) is 0 Å². The molecule has 0 spiro atoms. The number of methoxy groups -OCH3 is 1. The Bertz CT molecular complexity index is 620. The fraction of sp³-hybridized carbons (Fsp3) is 0.650. The molecule has 0 amide bonds. The van der Waals surface area contributed by atoms with Crippen LogP contribution in [0.2, 0.25) is 0 Å². The fourth-order valence-corrected chi connectivity index (χ4v) is 3.93. The zero-order valence-corrected chi connectivity index (χ0v) is 18.8. The molecular formula is C20H33IN4O2. The molecule has 7 heteroatoms. The molecule has 2 fully saturated rings. The summed E-state index contributed by atoms with van der Waals surface area (Å²) in [6.07, 6.45) is 4.63. The van der Waals surface area contributed by atoms with Crippen molar-refractivity contribution in [3.8, 4) is 11.5 Å². The molecule has 0 radical (unpaired) electrons. The molecule has 1 atom stereocenters.